The van der Waals surface area contributed by atoms with Gasteiger partial charge in [0.05, 0.1) is 0 Å². The Hall–Kier alpha value is -0.610. The van der Waals surface area contributed by atoms with Gasteiger partial charge in [-0.1, -0.05) is 13.8 Å². The molecule has 0 spiro atoms. The second kappa shape index (κ2) is 8.54. The standard InChI is InChI=1S/C15H30N2O2/c1-12(2)9-13(11-16)10-15(19)17-7-4-3-5-14(17)6-8-18/h12-14,18H,3-11,16H2,1-2H3/t13-,14?/m0/s1. The molecule has 4 nitrogen and oxygen atoms in total. The molecule has 1 rings (SSSR count). The van der Waals surface area contributed by atoms with E-state index in [0.717, 1.165) is 25.8 Å². The van der Waals surface area contributed by atoms with E-state index >= 15 is 0 Å². The van der Waals surface area contributed by atoms with Crippen LogP contribution in [0.25, 0.3) is 0 Å². The minimum absolute atomic E-state index is 0.167. The van der Waals surface area contributed by atoms with Crippen molar-refractivity contribution in [2.24, 2.45) is 17.6 Å². The van der Waals surface area contributed by atoms with Crippen molar-refractivity contribution < 1.29 is 9.90 Å². The number of rotatable bonds is 7. The quantitative estimate of drug-likeness (QED) is 0.741. The Kier molecular flexibility index (Phi) is 7.39. The van der Waals surface area contributed by atoms with Gasteiger partial charge in [0, 0.05) is 25.6 Å². The van der Waals surface area contributed by atoms with Crippen LogP contribution in [0, 0.1) is 11.8 Å². The third-order valence-corrected chi connectivity index (χ3v) is 4.01. The van der Waals surface area contributed by atoms with Crippen LogP contribution in [0.3, 0.4) is 0 Å². The predicted molar refractivity (Wildman–Crippen MR) is 77.7 cm³/mol. The lowest BCUT2D eigenvalue weighted by atomic mass is 9.92. The fourth-order valence-electron chi connectivity index (χ4n) is 3.07. The van der Waals surface area contributed by atoms with E-state index in [4.69, 9.17) is 10.8 Å². The summed E-state index contributed by atoms with van der Waals surface area (Å²) >= 11 is 0. The normalized spacial score (nSPS) is 21.7. The van der Waals surface area contributed by atoms with Gasteiger partial charge in [-0.25, -0.2) is 0 Å². The van der Waals surface area contributed by atoms with Crippen LogP contribution < -0.4 is 5.73 Å². The second-order valence-electron chi connectivity index (χ2n) is 6.18. The Balaban J connectivity index is 2.53. The topological polar surface area (TPSA) is 66.6 Å². The smallest absolute Gasteiger partial charge is 0.223 e. The molecule has 1 fully saturated rings. The van der Waals surface area contributed by atoms with E-state index in [1.54, 1.807) is 0 Å². The predicted octanol–water partition coefficient (Wildman–Crippen LogP) is 1.76. The van der Waals surface area contributed by atoms with Gasteiger partial charge < -0.3 is 15.7 Å². The maximum Gasteiger partial charge on any atom is 0.223 e. The maximum atomic E-state index is 12.4. The molecule has 1 amide bonds. The molecule has 0 aromatic carbocycles. The van der Waals surface area contributed by atoms with Gasteiger partial charge in [-0.15, -0.1) is 0 Å². The molecule has 1 saturated heterocycles. The first-order valence-electron chi connectivity index (χ1n) is 7.68. The molecule has 2 atom stereocenters. The van der Waals surface area contributed by atoms with Crippen molar-refractivity contribution >= 4 is 5.91 Å². The Bertz CT molecular complexity index is 267. The maximum absolute atomic E-state index is 12.4. The summed E-state index contributed by atoms with van der Waals surface area (Å²) in [7, 11) is 0. The summed E-state index contributed by atoms with van der Waals surface area (Å²) in [6, 6.07) is 0.240. The number of piperidine rings is 1. The number of amides is 1. The van der Waals surface area contributed by atoms with Crippen LogP contribution in [0.1, 0.15) is 52.4 Å². The van der Waals surface area contributed by atoms with Crippen molar-refractivity contribution in [3.8, 4) is 0 Å². The Labute approximate surface area is 117 Å². The monoisotopic (exact) mass is 270 g/mol. The van der Waals surface area contributed by atoms with Gasteiger partial charge in [0.1, 0.15) is 0 Å². The summed E-state index contributed by atoms with van der Waals surface area (Å²) in [4.78, 5) is 14.4. The number of nitrogens with zero attached hydrogens (tertiary/aromatic N) is 1. The molecule has 1 heterocycles. The summed E-state index contributed by atoms with van der Waals surface area (Å²) in [5.41, 5.74) is 5.78. The SMILES string of the molecule is CC(C)C[C@H](CN)CC(=O)N1CCCCC1CCO. The molecule has 4 heteroatoms. The van der Waals surface area contributed by atoms with Crippen LogP contribution in [0.15, 0.2) is 0 Å². The number of aliphatic hydroxyl groups excluding tert-OH is 1. The fraction of sp³-hybridized carbons (Fsp3) is 0.933. The van der Waals surface area contributed by atoms with Crippen molar-refractivity contribution in [1.82, 2.24) is 4.90 Å². The molecule has 0 aromatic heterocycles. The van der Waals surface area contributed by atoms with Crippen LogP contribution in [-0.2, 0) is 4.79 Å². The van der Waals surface area contributed by atoms with Gasteiger partial charge in [0.2, 0.25) is 5.91 Å². The Morgan fingerprint density at radius 3 is 2.74 bits per heavy atom. The molecule has 19 heavy (non-hydrogen) atoms. The van der Waals surface area contributed by atoms with Crippen molar-refractivity contribution in [2.45, 2.75) is 58.4 Å². The summed E-state index contributed by atoms with van der Waals surface area (Å²) in [6.07, 6.45) is 5.58. The van der Waals surface area contributed by atoms with E-state index < -0.39 is 0 Å². The zero-order valence-electron chi connectivity index (χ0n) is 12.5. The molecule has 112 valence electrons. The van der Waals surface area contributed by atoms with E-state index in [2.05, 4.69) is 13.8 Å². The van der Waals surface area contributed by atoms with Gasteiger partial charge in [0.25, 0.3) is 0 Å². The van der Waals surface area contributed by atoms with Gasteiger partial charge in [0.15, 0.2) is 0 Å². The average Bonchev–Trinajstić information content (AvgIpc) is 2.38. The number of nitrogens with two attached hydrogens (primary N) is 1. The van der Waals surface area contributed by atoms with Gasteiger partial charge in [-0.2, -0.15) is 0 Å². The number of hydrogen-bond acceptors (Lipinski definition) is 3. The number of hydrogen-bond donors (Lipinski definition) is 2. The minimum atomic E-state index is 0.167. The summed E-state index contributed by atoms with van der Waals surface area (Å²) in [6.45, 7) is 5.94. The number of likely N-dealkylation sites (tertiary alicyclic amines) is 1. The van der Waals surface area contributed by atoms with E-state index in [1.807, 2.05) is 4.90 Å². The average molecular weight is 270 g/mol. The molecule has 1 unspecified atom stereocenters. The number of carbonyl (C=O) groups is 1. The van der Waals surface area contributed by atoms with E-state index in [-0.39, 0.29) is 18.6 Å². The molecule has 0 aliphatic carbocycles. The molecular formula is C15H30N2O2. The van der Waals surface area contributed by atoms with Crippen LogP contribution >= 0.6 is 0 Å². The molecular weight excluding hydrogens is 240 g/mol. The molecule has 0 saturated carbocycles. The molecule has 3 N–H and O–H groups in total. The summed E-state index contributed by atoms with van der Waals surface area (Å²) < 4.78 is 0. The molecule has 1 aliphatic rings. The number of carbonyl (C=O) groups excluding carboxylic acids is 1. The highest BCUT2D eigenvalue weighted by Gasteiger charge is 2.27. The summed E-state index contributed by atoms with van der Waals surface area (Å²) in [5.74, 6) is 1.11. The first-order valence-corrected chi connectivity index (χ1v) is 7.68. The zero-order chi connectivity index (χ0) is 14.3. The lowest BCUT2D eigenvalue weighted by molar-refractivity contribution is -0.136. The molecule has 0 aromatic rings. The fourth-order valence-corrected chi connectivity index (χ4v) is 3.07. The van der Waals surface area contributed by atoms with Gasteiger partial charge in [-0.3, -0.25) is 4.79 Å². The largest absolute Gasteiger partial charge is 0.396 e. The van der Waals surface area contributed by atoms with Crippen LogP contribution in [0.5, 0.6) is 0 Å². The summed E-state index contributed by atoms with van der Waals surface area (Å²) in [5, 5.41) is 9.11. The highest BCUT2D eigenvalue weighted by molar-refractivity contribution is 5.77. The third kappa shape index (κ3) is 5.49. The van der Waals surface area contributed by atoms with Crippen LogP contribution in [0.2, 0.25) is 0 Å². The lowest BCUT2D eigenvalue weighted by Crippen LogP contribution is -2.45. The van der Waals surface area contributed by atoms with Crippen LogP contribution in [0.4, 0.5) is 0 Å². The highest BCUT2D eigenvalue weighted by Crippen LogP contribution is 2.23. The van der Waals surface area contributed by atoms with Crippen LogP contribution in [-0.4, -0.2) is 41.7 Å². The minimum Gasteiger partial charge on any atom is -0.396 e. The highest BCUT2D eigenvalue weighted by atomic mass is 16.3. The Morgan fingerprint density at radius 2 is 2.16 bits per heavy atom. The first-order chi connectivity index (χ1) is 9.08. The molecule has 0 radical (unpaired) electrons. The lowest BCUT2D eigenvalue weighted by Gasteiger charge is -2.36. The zero-order valence-corrected chi connectivity index (χ0v) is 12.5. The van der Waals surface area contributed by atoms with Crippen molar-refractivity contribution in [3.63, 3.8) is 0 Å². The Morgan fingerprint density at radius 1 is 1.42 bits per heavy atom. The molecule has 0 bridgehead atoms. The van der Waals surface area contributed by atoms with Crippen molar-refractivity contribution in [2.75, 3.05) is 19.7 Å². The third-order valence-electron chi connectivity index (χ3n) is 4.01. The second-order valence-corrected chi connectivity index (χ2v) is 6.18. The number of aliphatic hydroxyl groups is 1. The van der Waals surface area contributed by atoms with E-state index in [9.17, 15) is 4.79 Å². The first kappa shape index (κ1) is 16.4. The van der Waals surface area contributed by atoms with Gasteiger partial charge in [-0.05, 0) is 50.5 Å². The van der Waals surface area contributed by atoms with Gasteiger partial charge >= 0.3 is 0 Å². The van der Waals surface area contributed by atoms with Crippen molar-refractivity contribution in [3.05, 3.63) is 0 Å². The molecule has 1 aliphatic heterocycles. The van der Waals surface area contributed by atoms with E-state index in [0.29, 0.717) is 31.2 Å². The van der Waals surface area contributed by atoms with Crippen molar-refractivity contribution in [1.29, 1.82) is 0 Å². The van der Waals surface area contributed by atoms with E-state index in [1.165, 1.54) is 6.42 Å².